The Morgan fingerprint density at radius 2 is 1.41 bits per heavy atom. The molecule has 0 aliphatic heterocycles. The van der Waals surface area contributed by atoms with Gasteiger partial charge in [-0.1, -0.05) is 78.3 Å². The lowest BCUT2D eigenvalue weighted by Gasteiger charge is -2.25. The third-order valence-electron chi connectivity index (χ3n) is 8.78. The summed E-state index contributed by atoms with van der Waals surface area (Å²) in [6.45, 7) is 16.7. The zero-order valence-electron chi connectivity index (χ0n) is 37.0. The number of hydrogen-bond donors (Lipinski definition) is 9. The number of nitrogens with two attached hydrogens (primary N) is 4. The van der Waals surface area contributed by atoms with Gasteiger partial charge >= 0.3 is 35.9 Å². The summed E-state index contributed by atoms with van der Waals surface area (Å²) in [6.07, 6.45) is 2.11. The van der Waals surface area contributed by atoms with Gasteiger partial charge < -0.3 is 62.8 Å². The maximum Gasteiger partial charge on any atom is 0.408 e. The summed E-state index contributed by atoms with van der Waals surface area (Å²) < 4.78 is 14.9. The lowest BCUT2D eigenvalue weighted by Crippen LogP contribution is -2.44. The molecule has 1 aromatic heterocycles. The molecule has 0 aliphatic carbocycles. The van der Waals surface area contributed by atoms with Crippen molar-refractivity contribution in [2.75, 3.05) is 0 Å². The molecule has 8 atom stereocenters. The average Bonchev–Trinajstić information content (AvgIpc) is 3.66. The highest BCUT2D eigenvalue weighted by molar-refractivity contribution is 5.91. The number of esters is 3. The Hall–Kier alpha value is -4.95. The average molecular weight is 866 g/mol. The molecule has 346 valence electrons. The van der Waals surface area contributed by atoms with Crippen molar-refractivity contribution >= 4 is 35.9 Å². The van der Waals surface area contributed by atoms with E-state index in [-0.39, 0.29) is 37.5 Å². The molecular weight excluding hydrogens is 794 g/mol. The molecule has 0 unspecified atom stereocenters. The van der Waals surface area contributed by atoms with Crippen molar-refractivity contribution in [3.8, 4) is 0 Å². The van der Waals surface area contributed by atoms with Crippen LogP contribution >= 0.6 is 0 Å². The first-order valence-electron chi connectivity index (χ1n) is 20.4. The van der Waals surface area contributed by atoms with Crippen molar-refractivity contribution in [3.05, 3.63) is 54.1 Å². The van der Waals surface area contributed by atoms with E-state index in [9.17, 15) is 33.9 Å². The number of aliphatic carboxylic acids is 2. The maximum atomic E-state index is 11.9. The molecule has 0 spiro atoms. The minimum absolute atomic E-state index is 0.0529. The zero-order valence-corrected chi connectivity index (χ0v) is 37.0. The second kappa shape index (κ2) is 28.6. The monoisotopic (exact) mass is 866 g/mol. The molecule has 0 aliphatic rings. The Morgan fingerprint density at radius 3 is 1.89 bits per heavy atom. The summed E-state index contributed by atoms with van der Waals surface area (Å²) in [6, 6.07) is 5.28. The summed E-state index contributed by atoms with van der Waals surface area (Å²) in [7, 11) is 0. The second-order valence-corrected chi connectivity index (χ2v) is 16.7. The van der Waals surface area contributed by atoms with Crippen molar-refractivity contribution in [1.29, 1.82) is 0 Å². The van der Waals surface area contributed by atoms with Crippen LogP contribution in [-0.2, 0) is 51.0 Å². The van der Waals surface area contributed by atoms with Gasteiger partial charge in [-0.3, -0.25) is 9.59 Å². The molecule has 2 aromatic rings. The van der Waals surface area contributed by atoms with E-state index in [2.05, 4.69) is 20.0 Å². The fourth-order valence-electron chi connectivity index (χ4n) is 5.33. The van der Waals surface area contributed by atoms with E-state index in [1.165, 1.54) is 6.33 Å². The van der Waals surface area contributed by atoms with Crippen LogP contribution in [0.25, 0.3) is 0 Å². The first kappa shape index (κ1) is 56.0. The van der Waals surface area contributed by atoms with E-state index in [1.54, 1.807) is 27.0 Å². The van der Waals surface area contributed by atoms with E-state index in [0.29, 0.717) is 24.5 Å². The van der Waals surface area contributed by atoms with Crippen molar-refractivity contribution < 1.29 is 58.3 Å². The number of aliphatic hydroxyl groups excluding tert-OH is 1. The predicted molar refractivity (Wildman–Crippen MR) is 227 cm³/mol. The van der Waals surface area contributed by atoms with Crippen LogP contribution in [0, 0.1) is 17.8 Å². The number of carbonyl (C=O) groups excluding carboxylic acids is 4. The number of H-pyrrole nitrogens is 1. The van der Waals surface area contributed by atoms with Crippen LogP contribution in [0.4, 0.5) is 4.79 Å². The first-order valence-corrected chi connectivity index (χ1v) is 20.4. The molecule has 2 rings (SSSR count). The van der Waals surface area contributed by atoms with Crippen LogP contribution in [0.5, 0.6) is 0 Å². The number of hydrogen-bond acceptors (Lipinski definition) is 15. The zero-order chi connectivity index (χ0) is 47.0. The number of imidazole rings is 1. The molecule has 0 saturated heterocycles. The summed E-state index contributed by atoms with van der Waals surface area (Å²) in [5.41, 5.74) is 23.9. The van der Waals surface area contributed by atoms with Gasteiger partial charge in [-0.05, 0) is 56.9 Å². The van der Waals surface area contributed by atoms with Gasteiger partial charge in [0.15, 0.2) is 0 Å². The maximum absolute atomic E-state index is 11.9. The Balaban J connectivity index is 0.000000890. The lowest BCUT2D eigenvalue weighted by molar-refractivity contribution is -0.162. The molecule has 1 aromatic carbocycles. The van der Waals surface area contributed by atoms with E-state index in [1.807, 2.05) is 71.9 Å². The van der Waals surface area contributed by atoms with E-state index < -0.39 is 84.0 Å². The Morgan fingerprint density at radius 1 is 0.836 bits per heavy atom. The number of nitrogens with one attached hydrogen (secondary N) is 2. The Bertz CT molecular complexity index is 1600. The highest BCUT2D eigenvalue weighted by Gasteiger charge is 2.29. The molecule has 13 N–H and O–H groups in total. The van der Waals surface area contributed by atoms with Gasteiger partial charge in [-0.15, -0.1) is 0 Å². The Labute approximate surface area is 359 Å². The van der Waals surface area contributed by atoms with Gasteiger partial charge in [-0.2, -0.15) is 0 Å². The van der Waals surface area contributed by atoms with E-state index in [4.69, 9.17) is 42.6 Å². The number of ether oxygens (including phenoxy) is 3. The van der Waals surface area contributed by atoms with Crippen LogP contribution < -0.4 is 28.3 Å². The molecule has 19 nitrogen and oxygen atoms in total. The highest BCUT2D eigenvalue weighted by Crippen LogP contribution is 2.16. The van der Waals surface area contributed by atoms with Gasteiger partial charge in [0.1, 0.15) is 29.8 Å². The number of nitrogens with zero attached hydrogens (tertiary/aromatic N) is 1. The van der Waals surface area contributed by atoms with Crippen molar-refractivity contribution in [3.63, 3.8) is 0 Å². The van der Waals surface area contributed by atoms with Crippen LogP contribution in [0.15, 0.2) is 42.9 Å². The smallest absolute Gasteiger partial charge is 0.408 e. The first-order chi connectivity index (χ1) is 28.3. The number of aromatic nitrogens is 2. The number of aliphatic hydroxyl groups is 1. The number of benzene rings is 1. The molecule has 1 amide bonds. The molecule has 0 radical (unpaired) electrons. The van der Waals surface area contributed by atoms with Crippen LogP contribution in [-0.4, -0.2) is 109 Å². The SMILES string of the molecule is CC(C)(C)OC(=O)N[C@@H](Cc1ccccc1)C(=O)O.CC(C)C[C@H](N)[C@H](CC(=O)O)OC(=O)C[C@H](O)[C@@H](N)CC(C)C.CC[C@H](C)[C@H](N)C(=O)OC(=O)[C@@H](N)Cc1c[nH]cn1. The summed E-state index contributed by atoms with van der Waals surface area (Å²) >= 11 is 0. The third kappa shape index (κ3) is 26.1. The number of alkyl carbamates (subject to hydrolysis) is 1. The largest absolute Gasteiger partial charge is 0.481 e. The van der Waals surface area contributed by atoms with Crippen molar-refractivity contribution in [1.82, 2.24) is 15.3 Å². The van der Waals surface area contributed by atoms with Crippen LogP contribution in [0.1, 0.15) is 106 Å². The van der Waals surface area contributed by atoms with Gasteiger partial charge in [0.25, 0.3) is 0 Å². The molecule has 61 heavy (non-hydrogen) atoms. The van der Waals surface area contributed by atoms with E-state index in [0.717, 1.165) is 12.0 Å². The van der Waals surface area contributed by atoms with Gasteiger partial charge in [0.05, 0.1) is 31.0 Å². The standard InChI is InChI=1S/C16H32N2O5.C14H19NO4.C12H20N4O3/c1-9(2)5-11(17)13(19)7-16(22)23-14(8-15(20)21)12(18)6-10(3)4;1-14(2,3)19-13(18)15-11(12(16)17)9-10-7-5-4-6-8-10;1-3-7(2)10(14)12(18)19-11(17)9(13)4-8-5-15-6-16-8/h9-14,19H,5-8,17-18H2,1-4H3,(H,20,21);4-8,11H,9H2,1-3H3,(H,15,18)(H,16,17);5-7,9-10H,3-4,13-14H2,1-2H3,(H,15,16)/t11-,12-,13-,14-;11-;7-,9-,10-/m000/s1. The van der Waals surface area contributed by atoms with E-state index >= 15 is 0 Å². The quantitative estimate of drug-likeness (QED) is 0.0495. The van der Waals surface area contributed by atoms with Crippen molar-refractivity contribution in [2.45, 2.75) is 155 Å². The van der Waals surface area contributed by atoms with Gasteiger partial charge in [0, 0.05) is 31.1 Å². The molecule has 0 saturated carbocycles. The van der Waals surface area contributed by atoms with Crippen LogP contribution in [0.2, 0.25) is 0 Å². The number of carboxylic acid groups (broad SMARTS) is 2. The topological polar surface area (TPSA) is 336 Å². The summed E-state index contributed by atoms with van der Waals surface area (Å²) in [5.74, 6) is -3.87. The highest BCUT2D eigenvalue weighted by atomic mass is 16.6. The molecule has 0 fully saturated rings. The fraction of sp³-hybridized carbons (Fsp3) is 0.643. The van der Waals surface area contributed by atoms with Gasteiger partial charge in [-0.25, -0.2) is 24.2 Å². The Kier molecular flexibility index (Phi) is 26.2. The minimum atomic E-state index is -1.09. The summed E-state index contributed by atoms with van der Waals surface area (Å²) in [5, 5.41) is 30.3. The fourth-order valence-corrected chi connectivity index (χ4v) is 5.33. The number of carbonyl (C=O) groups is 6. The molecule has 0 bridgehead atoms. The lowest BCUT2D eigenvalue weighted by atomic mass is 9.97. The second-order valence-electron chi connectivity index (χ2n) is 16.7. The summed E-state index contributed by atoms with van der Waals surface area (Å²) in [4.78, 5) is 75.5. The normalized spacial score (nSPS) is 15.1. The predicted octanol–water partition coefficient (Wildman–Crippen LogP) is 2.80. The minimum Gasteiger partial charge on any atom is -0.481 e. The van der Waals surface area contributed by atoms with Gasteiger partial charge in [0.2, 0.25) is 0 Å². The molecule has 1 heterocycles. The van der Waals surface area contributed by atoms with Crippen LogP contribution in [0.3, 0.4) is 0 Å². The van der Waals surface area contributed by atoms with Crippen molar-refractivity contribution in [2.24, 2.45) is 40.7 Å². The number of aromatic amines is 1. The molecule has 19 heteroatoms. The third-order valence-corrected chi connectivity index (χ3v) is 8.78. The molecular formula is C42H71N7O12. The number of amides is 1. The number of rotatable bonds is 21. The number of carboxylic acids is 2.